The summed E-state index contributed by atoms with van der Waals surface area (Å²) in [4.78, 5) is 11.5. The lowest BCUT2D eigenvalue weighted by Gasteiger charge is -2.04. The zero-order chi connectivity index (χ0) is 13.4. The maximum Gasteiger partial charge on any atom is 0.243 e. The molecule has 0 aliphatic carbocycles. The third-order valence-electron chi connectivity index (χ3n) is 2.86. The van der Waals surface area contributed by atoms with E-state index in [9.17, 15) is 4.79 Å². The number of benzene rings is 1. The van der Waals surface area contributed by atoms with Crippen LogP contribution in [0.4, 0.5) is 0 Å². The molecule has 0 aromatic heterocycles. The molecule has 1 amide bonds. The van der Waals surface area contributed by atoms with E-state index in [0.717, 1.165) is 24.9 Å². The molecule has 0 atom stereocenters. The summed E-state index contributed by atoms with van der Waals surface area (Å²) < 4.78 is 0. The Bertz CT molecular complexity index is 390. The molecule has 0 fully saturated rings. The fourth-order valence-corrected chi connectivity index (χ4v) is 1.61. The average Bonchev–Trinajstić information content (AvgIpc) is 2.37. The first-order valence-electron chi connectivity index (χ1n) is 6.69. The van der Waals surface area contributed by atoms with E-state index in [4.69, 9.17) is 0 Å². The molecule has 2 heteroatoms. The third kappa shape index (κ3) is 5.17. The molecule has 1 rings (SSSR count). The molecule has 0 bridgehead atoms. The minimum Gasteiger partial charge on any atom is -0.353 e. The molecule has 18 heavy (non-hydrogen) atoms. The first kappa shape index (κ1) is 14.5. The topological polar surface area (TPSA) is 29.1 Å². The zero-order valence-corrected chi connectivity index (χ0v) is 11.6. The largest absolute Gasteiger partial charge is 0.353 e. The smallest absolute Gasteiger partial charge is 0.243 e. The normalized spacial score (nSPS) is 11.1. The number of amides is 1. The van der Waals surface area contributed by atoms with Crippen LogP contribution in [-0.4, -0.2) is 12.5 Å². The summed E-state index contributed by atoms with van der Waals surface area (Å²) in [5.74, 6) is 0.525. The minimum atomic E-state index is -0.0172. The van der Waals surface area contributed by atoms with E-state index in [-0.39, 0.29) is 5.91 Å². The van der Waals surface area contributed by atoms with Crippen molar-refractivity contribution in [3.8, 4) is 0 Å². The van der Waals surface area contributed by atoms with Gasteiger partial charge in [-0.3, -0.25) is 4.79 Å². The van der Waals surface area contributed by atoms with Crippen molar-refractivity contribution in [2.24, 2.45) is 0 Å². The summed E-state index contributed by atoms with van der Waals surface area (Å²) in [5, 5.41) is 2.86. The Morgan fingerprint density at radius 1 is 1.28 bits per heavy atom. The van der Waals surface area contributed by atoms with Crippen LogP contribution >= 0.6 is 0 Å². The van der Waals surface area contributed by atoms with Crippen LogP contribution in [0.15, 0.2) is 30.3 Å². The van der Waals surface area contributed by atoms with Gasteiger partial charge in [0.2, 0.25) is 5.91 Å². The Morgan fingerprint density at radius 3 is 2.50 bits per heavy atom. The lowest BCUT2D eigenvalue weighted by molar-refractivity contribution is -0.116. The van der Waals surface area contributed by atoms with E-state index in [0.29, 0.717) is 5.92 Å². The summed E-state index contributed by atoms with van der Waals surface area (Å²) >= 11 is 0. The molecule has 1 aromatic rings. The van der Waals surface area contributed by atoms with E-state index in [1.165, 1.54) is 5.56 Å². The van der Waals surface area contributed by atoms with E-state index in [2.05, 4.69) is 38.2 Å². The van der Waals surface area contributed by atoms with Gasteiger partial charge in [-0.25, -0.2) is 0 Å². The van der Waals surface area contributed by atoms with Crippen molar-refractivity contribution < 1.29 is 4.79 Å². The van der Waals surface area contributed by atoms with Crippen molar-refractivity contribution in [2.75, 3.05) is 6.54 Å². The summed E-state index contributed by atoms with van der Waals surface area (Å²) in [6.07, 6.45) is 5.58. The van der Waals surface area contributed by atoms with Gasteiger partial charge in [-0.05, 0) is 29.5 Å². The van der Waals surface area contributed by atoms with Crippen LogP contribution in [0.1, 0.15) is 50.7 Å². The number of nitrogens with one attached hydrogen (secondary N) is 1. The predicted octanol–water partition coefficient (Wildman–Crippen LogP) is 3.74. The molecule has 1 N–H and O–H groups in total. The quantitative estimate of drug-likeness (QED) is 0.600. The Kier molecular flexibility index (Phi) is 6.20. The van der Waals surface area contributed by atoms with Crippen LogP contribution in [0.3, 0.4) is 0 Å². The Balaban J connectivity index is 2.48. The standard InChI is InChI=1S/C16H23NO/c1-4-5-12-17-16(18)11-8-14-6-9-15(10-7-14)13(2)3/h6-11,13H,4-5,12H2,1-3H3,(H,17,18)/b11-8-. The number of carbonyl (C=O) groups excluding carboxylic acids is 1. The monoisotopic (exact) mass is 245 g/mol. The van der Waals surface area contributed by atoms with E-state index in [1.807, 2.05) is 18.2 Å². The van der Waals surface area contributed by atoms with Crippen LogP contribution in [0.5, 0.6) is 0 Å². The van der Waals surface area contributed by atoms with Crippen molar-refractivity contribution in [1.29, 1.82) is 0 Å². The third-order valence-corrected chi connectivity index (χ3v) is 2.86. The highest BCUT2D eigenvalue weighted by Gasteiger charge is 1.98. The molecule has 0 unspecified atom stereocenters. The van der Waals surface area contributed by atoms with Gasteiger partial charge in [0.15, 0.2) is 0 Å². The van der Waals surface area contributed by atoms with Crippen molar-refractivity contribution in [1.82, 2.24) is 5.32 Å². The Morgan fingerprint density at radius 2 is 1.94 bits per heavy atom. The van der Waals surface area contributed by atoms with Gasteiger partial charge in [0.25, 0.3) is 0 Å². The molecule has 0 saturated carbocycles. The van der Waals surface area contributed by atoms with Crippen molar-refractivity contribution in [2.45, 2.75) is 39.5 Å². The highest BCUT2D eigenvalue weighted by atomic mass is 16.1. The summed E-state index contributed by atoms with van der Waals surface area (Å²) in [6, 6.07) is 8.31. The molecule has 0 spiro atoms. The number of hydrogen-bond acceptors (Lipinski definition) is 1. The van der Waals surface area contributed by atoms with Gasteiger partial charge < -0.3 is 5.32 Å². The predicted molar refractivity (Wildman–Crippen MR) is 77.5 cm³/mol. The second kappa shape index (κ2) is 7.70. The summed E-state index contributed by atoms with van der Waals surface area (Å²) in [5.41, 5.74) is 2.38. The molecule has 0 aliphatic rings. The molecule has 1 aromatic carbocycles. The SMILES string of the molecule is CCCCNC(=O)/C=C\c1ccc(C(C)C)cc1. The van der Waals surface area contributed by atoms with E-state index in [1.54, 1.807) is 6.08 Å². The molecule has 0 heterocycles. The van der Waals surface area contributed by atoms with Gasteiger partial charge in [0.05, 0.1) is 0 Å². The number of hydrogen-bond donors (Lipinski definition) is 1. The van der Waals surface area contributed by atoms with Crippen LogP contribution in [-0.2, 0) is 4.79 Å². The first-order chi connectivity index (χ1) is 8.63. The molecule has 0 aliphatic heterocycles. The molecule has 98 valence electrons. The highest BCUT2D eigenvalue weighted by molar-refractivity contribution is 5.91. The molecule has 0 saturated heterocycles. The van der Waals surface area contributed by atoms with Crippen LogP contribution < -0.4 is 5.32 Å². The second-order valence-corrected chi connectivity index (χ2v) is 4.80. The van der Waals surface area contributed by atoms with Crippen LogP contribution in [0.2, 0.25) is 0 Å². The van der Waals surface area contributed by atoms with Crippen LogP contribution in [0.25, 0.3) is 6.08 Å². The Hall–Kier alpha value is -1.57. The van der Waals surface area contributed by atoms with Gasteiger partial charge in [-0.2, -0.15) is 0 Å². The Labute approximate surface area is 110 Å². The summed E-state index contributed by atoms with van der Waals surface area (Å²) in [6.45, 7) is 7.21. The lowest BCUT2D eigenvalue weighted by atomic mass is 10.0. The fraction of sp³-hybridized carbons (Fsp3) is 0.438. The fourth-order valence-electron chi connectivity index (χ4n) is 1.61. The summed E-state index contributed by atoms with van der Waals surface area (Å²) in [7, 11) is 0. The van der Waals surface area contributed by atoms with Crippen LogP contribution in [0, 0.1) is 0 Å². The number of rotatable bonds is 6. The molecule has 0 radical (unpaired) electrons. The van der Waals surface area contributed by atoms with Gasteiger partial charge in [0, 0.05) is 12.6 Å². The van der Waals surface area contributed by atoms with E-state index < -0.39 is 0 Å². The molecule has 2 nitrogen and oxygen atoms in total. The van der Waals surface area contributed by atoms with Crippen molar-refractivity contribution in [3.63, 3.8) is 0 Å². The van der Waals surface area contributed by atoms with Gasteiger partial charge in [-0.15, -0.1) is 0 Å². The minimum absolute atomic E-state index is 0.0172. The van der Waals surface area contributed by atoms with Gasteiger partial charge in [0.1, 0.15) is 0 Å². The first-order valence-corrected chi connectivity index (χ1v) is 6.69. The highest BCUT2D eigenvalue weighted by Crippen LogP contribution is 2.15. The second-order valence-electron chi connectivity index (χ2n) is 4.80. The van der Waals surface area contributed by atoms with E-state index >= 15 is 0 Å². The molecular weight excluding hydrogens is 222 g/mol. The van der Waals surface area contributed by atoms with Gasteiger partial charge in [-0.1, -0.05) is 51.5 Å². The number of carbonyl (C=O) groups is 1. The average molecular weight is 245 g/mol. The maximum absolute atomic E-state index is 11.5. The van der Waals surface area contributed by atoms with Crippen molar-refractivity contribution >= 4 is 12.0 Å². The van der Waals surface area contributed by atoms with Crippen molar-refractivity contribution in [3.05, 3.63) is 41.5 Å². The van der Waals surface area contributed by atoms with Gasteiger partial charge >= 0.3 is 0 Å². The maximum atomic E-state index is 11.5. The zero-order valence-electron chi connectivity index (χ0n) is 11.6. The molecular formula is C16H23NO. The lowest BCUT2D eigenvalue weighted by Crippen LogP contribution is -2.21. The number of unbranched alkanes of at least 4 members (excludes halogenated alkanes) is 1.